The molecule has 2 saturated carbocycles. The predicted octanol–water partition coefficient (Wildman–Crippen LogP) is 8.25. The molecule has 0 heterocycles. The van der Waals surface area contributed by atoms with Gasteiger partial charge < -0.3 is 4.74 Å². The molecule has 0 amide bonds. The molecule has 4 unspecified atom stereocenters. The van der Waals surface area contributed by atoms with Crippen molar-refractivity contribution in [2.24, 2.45) is 17.8 Å². The smallest absolute Gasteiger partial charge is 0.406 e. The van der Waals surface area contributed by atoms with Crippen LogP contribution in [0.5, 0.6) is 5.75 Å². The van der Waals surface area contributed by atoms with Crippen LogP contribution in [-0.4, -0.2) is 6.36 Å². The molecule has 0 aromatic heterocycles. The van der Waals surface area contributed by atoms with E-state index in [0.29, 0.717) is 11.5 Å². The molecule has 2 aromatic carbocycles. The molecule has 0 saturated heterocycles. The highest BCUT2D eigenvalue weighted by Crippen LogP contribution is 2.48. The average Bonchev–Trinajstić information content (AvgIpc) is 2.81. The number of benzene rings is 2. The summed E-state index contributed by atoms with van der Waals surface area (Å²) in [6.07, 6.45) is 7.90. The maximum atomic E-state index is 12.3. The molecule has 4 atom stereocenters. The summed E-state index contributed by atoms with van der Waals surface area (Å²) >= 11 is 0. The third kappa shape index (κ3) is 6.67. The summed E-state index contributed by atoms with van der Waals surface area (Å²) in [6.45, 7) is 3.87. The summed E-state index contributed by atoms with van der Waals surface area (Å²) in [5.74, 6) is 9.19. The van der Waals surface area contributed by atoms with Gasteiger partial charge in [-0.05, 0) is 111 Å². The largest absolute Gasteiger partial charge is 0.573 e. The monoisotopic (exact) mass is 452 g/mol. The van der Waals surface area contributed by atoms with Crippen LogP contribution in [0.3, 0.4) is 0 Å². The van der Waals surface area contributed by atoms with Crippen LogP contribution in [0.2, 0.25) is 0 Å². The van der Waals surface area contributed by atoms with Crippen molar-refractivity contribution in [3.8, 4) is 17.6 Å². The van der Waals surface area contributed by atoms with E-state index >= 15 is 0 Å². The lowest BCUT2D eigenvalue weighted by atomic mass is 9.63. The van der Waals surface area contributed by atoms with E-state index in [4.69, 9.17) is 0 Å². The Morgan fingerprint density at radius 1 is 0.848 bits per heavy atom. The second-order valence-corrected chi connectivity index (χ2v) is 9.52. The first kappa shape index (κ1) is 23.5. The maximum Gasteiger partial charge on any atom is 0.573 e. The first-order valence-corrected chi connectivity index (χ1v) is 12.0. The quantitative estimate of drug-likeness (QED) is 0.328. The Balaban J connectivity index is 1.32. The number of allylic oxidation sites excluding steroid dienone is 1. The van der Waals surface area contributed by atoms with Crippen molar-refractivity contribution in [3.05, 3.63) is 77.9 Å². The van der Waals surface area contributed by atoms with Gasteiger partial charge in [-0.2, -0.15) is 0 Å². The van der Waals surface area contributed by atoms with Gasteiger partial charge in [-0.1, -0.05) is 36.5 Å². The molecule has 1 nitrogen and oxygen atoms in total. The standard InChI is InChI=1S/C29H31F3O/c1-2-3-4-23-9-14-27-20-26(16-15-25(27)19-23)24-12-7-21(8-13-24)5-6-22-10-17-28(18-11-22)33-29(30,31)32/h2,7-8,10-13,17-18,23,25-27H,1,3-4,9,14-16,19-20H2. The van der Waals surface area contributed by atoms with Crippen molar-refractivity contribution in [2.75, 3.05) is 0 Å². The van der Waals surface area contributed by atoms with E-state index in [1.807, 2.05) is 0 Å². The van der Waals surface area contributed by atoms with Crippen molar-refractivity contribution < 1.29 is 17.9 Å². The molecule has 0 bridgehead atoms. The topological polar surface area (TPSA) is 9.23 Å². The van der Waals surface area contributed by atoms with E-state index in [1.54, 1.807) is 0 Å². The lowest BCUT2D eigenvalue weighted by Gasteiger charge is -2.42. The van der Waals surface area contributed by atoms with Gasteiger partial charge >= 0.3 is 6.36 Å². The molecule has 2 aliphatic rings. The fourth-order valence-electron chi connectivity index (χ4n) is 5.63. The zero-order valence-corrected chi connectivity index (χ0v) is 18.9. The molecule has 33 heavy (non-hydrogen) atoms. The molecule has 2 fully saturated rings. The summed E-state index contributed by atoms with van der Waals surface area (Å²) in [6, 6.07) is 14.1. The normalized spacial score (nSPS) is 24.8. The fraction of sp³-hybridized carbons (Fsp3) is 0.448. The van der Waals surface area contributed by atoms with Crippen LogP contribution in [0.25, 0.3) is 0 Å². The zero-order valence-electron chi connectivity index (χ0n) is 18.9. The molecule has 0 radical (unpaired) electrons. The molecule has 2 aromatic rings. The lowest BCUT2D eigenvalue weighted by molar-refractivity contribution is -0.274. The van der Waals surface area contributed by atoms with E-state index in [9.17, 15) is 13.2 Å². The zero-order chi connectivity index (χ0) is 23.3. The number of halogens is 3. The molecular formula is C29H31F3O. The van der Waals surface area contributed by atoms with Gasteiger partial charge in [0, 0.05) is 11.1 Å². The van der Waals surface area contributed by atoms with E-state index in [1.165, 1.54) is 74.8 Å². The summed E-state index contributed by atoms with van der Waals surface area (Å²) in [7, 11) is 0. The van der Waals surface area contributed by atoms with E-state index in [2.05, 4.69) is 53.5 Å². The van der Waals surface area contributed by atoms with Gasteiger partial charge in [0.2, 0.25) is 0 Å². The third-order valence-electron chi connectivity index (χ3n) is 7.32. The van der Waals surface area contributed by atoms with Gasteiger partial charge in [0.25, 0.3) is 0 Å². The van der Waals surface area contributed by atoms with Crippen molar-refractivity contribution in [3.63, 3.8) is 0 Å². The predicted molar refractivity (Wildman–Crippen MR) is 126 cm³/mol. The van der Waals surface area contributed by atoms with Crippen LogP contribution in [0.15, 0.2) is 61.2 Å². The van der Waals surface area contributed by atoms with Gasteiger partial charge in [0.05, 0.1) is 0 Å². The minimum absolute atomic E-state index is 0.239. The number of alkyl halides is 3. The molecule has 4 heteroatoms. The fourth-order valence-corrected chi connectivity index (χ4v) is 5.63. The number of hydrogen-bond donors (Lipinski definition) is 0. The molecular weight excluding hydrogens is 421 g/mol. The van der Waals surface area contributed by atoms with Crippen molar-refractivity contribution in [2.45, 2.75) is 63.6 Å². The molecule has 0 N–H and O–H groups in total. The molecule has 0 spiro atoms. The van der Waals surface area contributed by atoms with Crippen LogP contribution in [0.4, 0.5) is 13.2 Å². The van der Waals surface area contributed by atoms with Gasteiger partial charge in [-0.15, -0.1) is 19.8 Å². The minimum Gasteiger partial charge on any atom is -0.406 e. The van der Waals surface area contributed by atoms with Crippen LogP contribution < -0.4 is 4.74 Å². The first-order valence-electron chi connectivity index (χ1n) is 12.0. The average molecular weight is 453 g/mol. The van der Waals surface area contributed by atoms with Crippen molar-refractivity contribution in [1.82, 2.24) is 0 Å². The Morgan fingerprint density at radius 3 is 2.09 bits per heavy atom. The van der Waals surface area contributed by atoms with E-state index < -0.39 is 6.36 Å². The highest BCUT2D eigenvalue weighted by molar-refractivity contribution is 5.45. The first-order chi connectivity index (χ1) is 15.9. The SMILES string of the molecule is C=CCCC1CCC2CC(c3ccc(C#Cc4ccc(OC(F)(F)F)cc4)cc3)CCC2C1. The van der Waals surface area contributed by atoms with Crippen LogP contribution in [-0.2, 0) is 0 Å². The summed E-state index contributed by atoms with van der Waals surface area (Å²) in [5, 5.41) is 0. The van der Waals surface area contributed by atoms with E-state index in [-0.39, 0.29) is 5.75 Å². The summed E-state index contributed by atoms with van der Waals surface area (Å²) in [5.41, 5.74) is 2.96. The second kappa shape index (κ2) is 10.5. The Bertz CT molecular complexity index is 979. The van der Waals surface area contributed by atoms with Crippen LogP contribution >= 0.6 is 0 Å². The van der Waals surface area contributed by atoms with Gasteiger partial charge in [0.1, 0.15) is 5.75 Å². The van der Waals surface area contributed by atoms with Crippen molar-refractivity contribution in [1.29, 1.82) is 0 Å². The second-order valence-electron chi connectivity index (χ2n) is 9.52. The number of rotatable bonds is 5. The number of hydrogen-bond acceptors (Lipinski definition) is 1. The molecule has 4 rings (SSSR count). The van der Waals surface area contributed by atoms with E-state index in [0.717, 1.165) is 29.7 Å². The Kier molecular flexibility index (Phi) is 7.48. The molecule has 2 aliphatic carbocycles. The Morgan fingerprint density at radius 2 is 1.45 bits per heavy atom. The van der Waals surface area contributed by atoms with Crippen LogP contribution in [0.1, 0.15) is 74.0 Å². The maximum absolute atomic E-state index is 12.3. The summed E-state index contributed by atoms with van der Waals surface area (Å²) < 4.78 is 40.7. The summed E-state index contributed by atoms with van der Waals surface area (Å²) in [4.78, 5) is 0. The Labute approximate surface area is 195 Å². The van der Waals surface area contributed by atoms with Gasteiger partial charge in [-0.25, -0.2) is 0 Å². The van der Waals surface area contributed by atoms with Gasteiger partial charge in [-0.3, -0.25) is 0 Å². The van der Waals surface area contributed by atoms with Gasteiger partial charge in [0.15, 0.2) is 0 Å². The van der Waals surface area contributed by atoms with Crippen molar-refractivity contribution >= 4 is 0 Å². The Hall–Kier alpha value is -2.67. The highest BCUT2D eigenvalue weighted by atomic mass is 19.4. The number of fused-ring (bicyclic) bond motifs is 1. The minimum atomic E-state index is -4.68. The highest BCUT2D eigenvalue weighted by Gasteiger charge is 2.35. The molecule has 0 aliphatic heterocycles. The number of ether oxygens (including phenoxy) is 1. The third-order valence-corrected chi connectivity index (χ3v) is 7.32. The van der Waals surface area contributed by atoms with Crippen LogP contribution in [0, 0.1) is 29.6 Å². The lowest BCUT2D eigenvalue weighted by Crippen LogP contribution is -2.30. The molecule has 174 valence electrons.